The van der Waals surface area contributed by atoms with E-state index in [1.807, 2.05) is 11.8 Å². The smallest absolute Gasteiger partial charge is 0.225 e. The summed E-state index contributed by atoms with van der Waals surface area (Å²) in [5.74, 6) is 0.469. The van der Waals surface area contributed by atoms with Crippen LogP contribution in [0.25, 0.3) is 0 Å². The Bertz CT molecular complexity index is 505. The number of hydrogen-bond donors (Lipinski definition) is 0. The van der Waals surface area contributed by atoms with Crippen LogP contribution >= 0.6 is 0 Å². The van der Waals surface area contributed by atoms with Crippen LogP contribution in [0.1, 0.15) is 45.4 Å². The van der Waals surface area contributed by atoms with E-state index in [4.69, 9.17) is 0 Å². The Labute approximate surface area is 147 Å². The van der Waals surface area contributed by atoms with E-state index < -0.39 is 10.0 Å². The van der Waals surface area contributed by atoms with Crippen molar-refractivity contribution in [2.75, 3.05) is 46.0 Å². The molecule has 2 heterocycles. The molecule has 2 aliphatic rings. The molecular weight excluding hydrogens is 326 g/mol. The first kappa shape index (κ1) is 19.7. The minimum absolute atomic E-state index is 0.00136. The summed E-state index contributed by atoms with van der Waals surface area (Å²) in [7, 11) is 1.05. The molecule has 0 unspecified atom stereocenters. The van der Waals surface area contributed by atoms with Gasteiger partial charge in [0.1, 0.15) is 0 Å². The van der Waals surface area contributed by atoms with Crippen molar-refractivity contribution in [3.8, 4) is 0 Å². The van der Waals surface area contributed by atoms with Gasteiger partial charge in [0.05, 0.1) is 5.75 Å². The summed E-state index contributed by atoms with van der Waals surface area (Å²) in [5.41, 5.74) is 0. The molecule has 0 aromatic heterocycles. The molecule has 0 aromatic carbocycles. The van der Waals surface area contributed by atoms with E-state index in [0.717, 1.165) is 32.4 Å². The van der Waals surface area contributed by atoms with E-state index in [2.05, 4.69) is 19.0 Å². The van der Waals surface area contributed by atoms with Crippen molar-refractivity contribution in [1.82, 2.24) is 14.1 Å². The minimum atomic E-state index is -3.13. The van der Waals surface area contributed by atoms with Crippen LogP contribution in [0, 0.1) is 5.92 Å². The Balaban J connectivity index is 1.81. The Morgan fingerprint density at radius 1 is 1.04 bits per heavy atom. The summed E-state index contributed by atoms with van der Waals surface area (Å²) >= 11 is 0. The predicted octanol–water partition coefficient (Wildman–Crippen LogP) is 1.38. The first-order chi connectivity index (χ1) is 11.3. The normalized spacial score (nSPS) is 22.2. The van der Waals surface area contributed by atoms with Gasteiger partial charge in [0.15, 0.2) is 0 Å². The molecule has 2 saturated heterocycles. The molecule has 0 radical (unpaired) electrons. The highest BCUT2D eigenvalue weighted by Gasteiger charge is 2.34. The lowest BCUT2D eigenvalue weighted by Gasteiger charge is -2.38. The lowest BCUT2D eigenvalue weighted by molar-refractivity contribution is -0.138. The summed E-state index contributed by atoms with van der Waals surface area (Å²) in [6, 6.07) is 0.569. The topological polar surface area (TPSA) is 60.9 Å². The average molecular weight is 360 g/mol. The van der Waals surface area contributed by atoms with Crippen LogP contribution in [0.5, 0.6) is 0 Å². The highest BCUT2D eigenvalue weighted by molar-refractivity contribution is 7.89. The number of likely N-dealkylation sites (tertiary alicyclic amines) is 1. The van der Waals surface area contributed by atoms with E-state index >= 15 is 0 Å². The van der Waals surface area contributed by atoms with Crippen molar-refractivity contribution in [3.63, 3.8) is 0 Å². The Kier molecular flexibility index (Phi) is 7.07. The zero-order chi connectivity index (χ0) is 17.7. The van der Waals surface area contributed by atoms with Gasteiger partial charge >= 0.3 is 0 Å². The first-order valence-corrected chi connectivity index (χ1v) is 10.9. The number of carbonyl (C=O) groups is 1. The molecule has 0 spiro atoms. The van der Waals surface area contributed by atoms with E-state index in [-0.39, 0.29) is 17.6 Å². The van der Waals surface area contributed by atoms with Gasteiger partial charge in [-0.25, -0.2) is 12.7 Å². The third-order valence-corrected chi connectivity index (χ3v) is 7.42. The van der Waals surface area contributed by atoms with Gasteiger partial charge in [-0.15, -0.1) is 0 Å². The first-order valence-electron chi connectivity index (χ1n) is 9.28. The van der Waals surface area contributed by atoms with Crippen molar-refractivity contribution in [2.45, 2.75) is 51.5 Å². The molecule has 6 nitrogen and oxygen atoms in total. The maximum atomic E-state index is 12.7. The molecule has 0 saturated carbocycles. The molecule has 0 bridgehead atoms. The zero-order valence-electron chi connectivity index (χ0n) is 15.4. The number of hydrogen-bond acceptors (Lipinski definition) is 4. The van der Waals surface area contributed by atoms with Crippen molar-refractivity contribution < 1.29 is 13.2 Å². The van der Waals surface area contributed by atoms with E-state index in [0.29, 0.717) is 38.4 Å². The Hall–Kier alpha value is -0.660. The SMILES string of the molecule is CCCCS(=O)(=O)N1CCC(C(=O)N2CCC(N(C)C)CC2)CC1. The van der Waals surface area contributed by atoms with Crippen LogP contribution in [0.3, 0.4) is 0 Å². The molecule has 0 N–H and O–H groups in total. The van der Waals surface area contributed by atoms with Gasteiger partial charge in [0.2, 0.25) is 15.9 Å². The van der Waals surface area contributed by atoms with E-state index in [9.17, 15) is 13.2 Å². The minimum Gasteiger partial charge on any atom is -0.342 e. The number of sulfonamides is 1. The van der Waals surface area contributed by atoms with Gasteiger partial charge in [-0.1, -0.05) is 13.3 Å². The summed E-state index contributed by atoms with van der Waals surface area (Å²) < 4.78 is 26.1. The molecule has 1 amide bonds. The van der Waals surface area contributed by atoms with Gasteiger partial charge in [0, 0.05) is 38.1 Å². The molecular formula is C17H33N3O3S. The van der Waals surface area contributed by atoms with Gasteiger partial charge in [-0.3, -0.25) is 4.79 Å². The predicted molar refractivity (Wildman–Crippen MR) is 96.3 cm³/mol. The van der Waals surface area contributed by atoms with Crippen LogP contribution in [0.2, 0.25) is 0 Å². The fourth-order valence-electron chi connectivity index (χ4n) is 3.70. The van der Waals surface area contributed by atoms with Gasteiger partial charge < -0.3 is 9.80 Å². The Morgan fingerprint density at radius 2 is 1.62 bits per heavy atom. The maximum absolute atomic E-state index is 12.7. The highest BCUT2D eigenvalue weighted by Crippen LogP contribution is 2.24. The summed E-state index contributed by atoms with van der Waals surface area (Å²) in [6.07, 6.45) is 4.99. The second-order valence-electron chi connectivity index (χ2n) is 7.36. The van der Waals surface area contributed by atoms with E-state index in [1.165, 1.54) is 0 Å². The van der Waals surface area contributed by atoms with Crippen molar-refractivity contribution in [1.29, 1.82) is 0 Å². The third kappa shape index (κ3) is 4.92. The summed E-state index contributed by atoms with van der Waals surface area (Å²) in [5, 5.41) is 0. The molecule has 0 aliphatic carbocycles. The highest BCUT2D eigenvalue weighted by atomic mass is 32.2. The van der Waals surface area contributed by atoms with E-state index in [1.54, 1.807) is 4.31 Å². The average Bonchev–Trinajstić information content (AvgIpc) is 2.59. The number of unbranched alkanes of at least 4 members (excludes halogenated alkanes) is 1. The third-order valence-electron chi connectivity index (χ3n) is 5.46. The number of piperidine rings is 2. The van der Waals surface area contributed by atoms with Crippen molar-refractivity contribution in [3.05, 3.63) is 0 Å². The quantitative estimate of drug-likeness (QED) is 0.719. The van der Waals surface area contributed by atoms with Crippen LogP contribution < -0.4 is 0 Å². The second kappa shape index (κ2) is 8.63. The van der Waals surface area contributed by atoms with Crippen LogP contribution in [-0.2, 0) is 14.8 Å². The Morgan fingerprint density at radius 3 is 2.12 bits per heavy atom. The van der Waals surface area contributed by atoms with Crippen LogP contribution in [0.4, 0.5) is 0 Å². The standard InChI is InChI=1S/C17H33N3O3S/c1-4-5-14-24(22,23)20-12-6-15(7-13-20)17(21)19-10-8-16(9-11-19)18(2)3/h15-16H,4-14H2,1-3H3. The molecule has 0 atom stereocenters. The number of carbonyl (C=O) groups excluding carboxylic acids is 1. The fourth-order valence-corrected chi connectivity index (χ4v) is 5.38. The largest absolute Gasteiger partial charge is 0.342 e. The van der Waals surface area contributed by atoms with Gasteiger partial charge in [-0.2, -0.15) is 0 Å². The van der Waals surface area contributed by atoms with Gasteiger partial charge in [0.25, 0.3) is 0 Å². The molecule has 140 valence electrons. The zero-order valence-corrected chi connectivity index (χ0v) is 16.2. The summed E-state index contributed by atoms with van der Waals surface area (Å²) in [4.78, 5) is 16.9. The number of amides is 1. The van der Waals surface area contributed by atoms with Crippen LogP contribution in [-0.4, -0.2) is 80.5 Å². The molecule has 2 fully saturated rings. The number of rotatable bonds is 6. The summed E-state index contributed by atoms with van der Waals surface area (Å²) in [6.45, 7) is 4.65. The monoisotopic (exact) mass is 359 g/mol. The van der Waals surface area contributed by atoms with Crippen molar-refractivity contribution in [2.24, 2.45) is 5.92 Å². The number of nitrogens with zero attached hydrogens (tertiary/aromatic N) is 3. The molecule has 2 rings (SSSR count). The fraction of sp³-hybridized carbons (Fsp3) is 0.941. The van der Waals surface area contributed by atoms with Crippen LogP contribution in [0.15, 0.2) is 0 Å². The molecule has 2 aliphatic heterocycles. The molecule has 7 heteroatoms. The van der Waals surface area contributed by atoms with Gasteiger partial charge in [-0.05, 0) is 46.2 Å². The second-order valence-corrected chi connectivity index (χ2v) is 9.45. The molecule has 24 heavy (non-hydrogen) atoms. The lowest BCUT2D eigenvalue weighted by atomic mass is 9.94. The maximum Gasteiger partial charge on any atom is 0.225 e. The molecule has 0 aromatic rings. The lowest BCUT2D eigenvalue weighted by Crippen LogP contribution is -2.49. The van der Waals surface area contributed by atoms with Crippen molar-refractivity contribution >= 4 is 15.9 Å².